The van der Waals surface area contributed by atoms with Crippen LogP contribution >= 0.6 is 0 Å². The van der Waals surface area contributed by atoms with Crippen molar-refractivity contribution in [3.8, 4) is 17.6 Å². The molecule has 5 heteroatoms. The van der Waals surface area contributed by atoms with Gasteiger partial charge in [-0.25, -0.2) is 4.79 Å². The number of hydrogen-bond donors (Lipinski definition) is 2. The average Bonchev–Trinajstić information content (AvgIpc) is 2.30. The Bertz CT molecular complexity index is 507. The number of carbonyl (C=O) groups excluding carboxylic acids is 1. The number of phenolic OH excluding ortho intramolecular Hbond substituents is 1. The van der Waals surface area contributed by atoms with Gasteiger partial charge in [0, 0.05) is 5.56 Å². The normalized spacial score (nSPS) is 9.00. The van der Waals surface area contributed by atoms with Crippen molar-refractivity contribution in [2.24, 2.45) is 0 Å². The summed E-state index contributed by atoms with van der Waals surface area (Å²) in [6.07, 6.45) is -0.283. The summed E-state index contributed by atoms with van der Waals surface area (Å²) in [5.41, 5.74) is 0.430. The van der Waals surface area contributed by atoms with Gasteiger partial charge in [-0.05, 0) is 18.2 Å². The molecule has 1 rings (SSSR count). The zero-order valence-corrected chi connectivity index (χ0v) is 9.06. The number of rotatable bonds is 2. The lowest BCUT2D eigenvalue weighted by atomic mass is 10.1. The van der Waals surface area contributed by atoms with Crippen LogP contribution in [0.3, 0.4) is 0 Å². The third kappa shape index (κ3) is 3.54. The molecule has 0 aliphatic carbocycles. The molecule has 0 fully saturated rings. The number of benzene rings is 1. The number of aliphatic carboxylic acids is 1. The summed E-state index contributed by atoms with van der Waals surface area (Å²) in [5, 5.41) is 17.8. The molecular weight excluding hydrogens is 224 g/mol. The molecule has 0 aliphatic rings. The average molecular weight is 234 g/mol. The molecule has 2 N–H and O–H groups in total. The Labute approximate surface area is 97.6 Å². The molecule has 0 unspecified atom stereocenters. The van der Waals surface area contributed by atoms with E-state index in [4.69, 9.17) is 5.11 Å². The van der Waals surface area contributed by atoms with Crippen molar-refractivity contribution in [1.29, 1.82) is 0 Å². The van der Waals surface area contributed by atoms with Crippen molar-refractivity contribution in [2.45, 2.75) is 6.42 Å². The van der Waals surface area contributed by atoms with Crippen molar-refractivity contribution in [3.63, 3.8) is 0 Å². The predicted molar refractivity (Wildman–Crippen MR) is 58.6 cm³/mol. The zero-order valence-electron chi connectivity index (χ0n) is 9.06. The minimum absolute atomic E-state index is 0.00498. The molecule has 0 atom stereocenters. The first-order valence-electron chi connectivity index (χ1n) is 4.66. The number of aromatic hydroxyl groups is 1. The maximum absolute atomic E-state index is 11.2. The Hall–Kier alpha value is -2.48. The standard InChI is InChI=1S/C12H10O5/c1-17-12(16)9-7-8(5-6-10(9)13)3-2-4-11(14)15/h5-7,13H,4H2,1H3,(H,14,15). The van der Waals surface area contributed by atoms with Crippen molar-refractivity contribution >= 4 is 11.9 Å². The Morgan fingerprint density at radius 2 is 2.12 bits per heavy atom. The lowest BCUT2D eigenvalue weighted by Crippen LogP contribution is -2.01. The van der Waals surface area contributed by atoms with Gasteiger partial charge in [0.25, 0.3) is 0 Å². The number of methoxy groups -OCH3 is 1. The van der Waals surface area contributed by atoms with E-state index in [1.165, 1.54) is 25.3 Å². The lowest BCUT2D eigenvalue weighted by Gasteiger charge is -2.02. The van der Waals surface area contributed by atoms with Gasteiger partial charge in [-0.15, -0.1) is 0 Å². The van der Waals surface area contributed by atoms with Crippen LogP contribution in [0.5, 0.6) is 5.75 Å². The Kier molecular flexibility index (Phi) is 4.12. The second kappa shape index (κ2) is 5.56. The van der Waals surface area contributed by atoms with E-state index in [1.807, 2.05) is 0 Å². The Morgan fingerprint density at radius 3 is 2.71 bits per heavy atom. The van der Waals surface area contributed by atoms with Crippen LogP contribution in [0.1, 0.15) is 22.3 Å². The molecule has 1 aromatic carbocycles. The van der Waals surface area contributed by atoms with Crippen LogP contribution in [0.25, 0.3) is 0 Å². The van der Waals surface area contributed by atoms with Gasteiger partial charge in [-0.2, -0.15) is 0 Å². The quantitative estimate of drug-likeness (QED) is 0.589. The fourth-order valence-corrected chi connectivity index (χ4v) is 1.11. The summed E-state index contributed by atoms with van der Waals surface area (Å²) in [7, 11) is 1.20. The van der Waals surface area contributed by atoms with E-state index < -0.39 is 11.9 Å². The van der Waals surface area contributed by atoms with Gasteiger partial charge in [0.05, 0.1) is 7.11 Å². The van der Waals surface area contributed by atoms with E-state index in [1.54, 1.807) is 0 Å². The molecule has 0 spiro atoms. The maximum Gasteiger partial charge on any atom is 0.341 e. The summed E-state index contributed by atoms with van der Waals surface area (Å²) in [6.45, 7) is 0. The zero-order chi connectivity index (χ0) is 12.8. The third-order valence-electron chi connectivity index (χ3n) is 1.87. The number of esters is 1. The van der Waals surface area contributed by atoms with Gasteiger partial charge >= 0.3 is 11.9 Å². The predicted octanol–water partition coefficient (Wildman–Crippen LogP) is 1.00. The summed E-state index contributed by atoms with van der Waals surface area (Å²) >= 11 is 0. The van der Waals surface area contributed by atoms with E-state index in [0.717, 1.165) is 0 Å². The molecule has 1 aromatic rings. The number of ether oxygens (including phenoxy) is 1. The van der Waals surface area contributed by atoms with Gasteiger partial charge < -0.3 is 14.9 Å². The molecule has 17 heavy (non-hydrogen) atoms. The summed E-state index contributed by atoms with van der Waals surface area (Å²) in [4.78, 5) is 21.5. The fourth-order valence-electron chi connectivity index (χ4n) is 1.11. The van der Waals surface area contributed by atoms with Gasteiger partial charge in [-0.1, -0.05) is 11.8 Å². The molecule has 0 saturated carbocycles. The van der Waals surface area contributed by atoms with Gasteiger partial charge in [0.15, 0.2) is 0 Å². The number of carbonyl (C=O) groups is 2. The summed E-state index contributed by atoms with van der Waals surface area (Å²) in [5.74, 6) is 3.09. The van der Waals surface area contributed by atoms with Crippen LogP contribution in [0.4, 0.5) is 0 Å². The highest BCUT2D eigenvalue weighted by atomic mass is 16.5. The van der Waals surface area contributed by atoms with Crippen LogP contribution in [-0.2, 0) is 9.53 Å². The van der Waals surface area contributed by atoms with Gasteiger partial charge in [-0.3, -0.25) is 4.79 Å². The molecule has 88 valence electrons. The van der Waals surface area contributed by atoms with Crippen molar-refractivity contribution in [2.75, 3.05) is 7.11 Å². The molecule has 0 radical (unpaired) electrons. The smallest absolute Gasteiger partial charge is 0.341 e. The summed E-state index contributed by atoms with van der Waals surface area (Å²) < 4.78 is 4.47. The second-order valence-electron chi connectivity index (χ2n) is 3.10. The lowest BCUT2D eigenvalue weighted by molar-refractivity contribution is -0.135. The minimum atomic E-state index is -1.02. The topological polar surface area (TPSA) is 83.8 Å². The van der Waals surface area contributed by atoms with Crippen molar-refractivity contribution in [3.05, 3.63) is 29.3 Å². The van der Waals surface area contributed by atoms with Crippen LogP contribution in [0.2, 0.25) is 0 Å². The van der Waals surface area contributed by atoms with Crippen LogP contribution < -0.4 is 0 Å². The third-order valence-corrected chi connectivity index (χ3v) is 1.87. The largest absolute Gasteiger partial charge is 0.507 e. The first kappa shape index (κ1) is 12.6. The molecule has 0 bridgehead atoms. The first-order chi connectivity index (χ1) is 8.04. The highest BCUT2D eigenvalue weighted by Crippen LogP contribution is 2.18. The van der Waals surface area contributed by atoms with E-state index in [0.29, 0.717) is 5.56 Å². The first-order valence-corrected chi connectivity index (χ1v) is 4.66. The number of carboxylic acid groups (broad SMARTS) is 1. The molecule has 0 amide bonds. The summed E-state index contributed by atoms with van der Waals surface area (Å²) in [6, 6.07) is 4.13. The second-order valence-corrected chi connectivity index (χ2v) is 3.10. The molecule has 0 heterocycles. The van der Waals surface area contributed by atoms with E-state index in [9.17, 15) is 14.7 Å². The fraction of sp³-hybridized carbons (Fsp3) is 0.167. The molecular formula is C12H10O5. The maximum atomic E-state index is 11.2. The Balaban J connectivity index is 2.99. The van der Waals surface area contributed by atoms with E-state index in [-0.39, 0.29) is 17.7 Å². The minimum Gasteiger partial charge on any atom is -0.507 e. The van der Waals surface area contributed by atoms with Gasteiger partial charge in [0.1, 0.15) is 17.7 Å². The number of hydrogen-bond acceptors (Lipinski definition) is 4. The molecule has 5 nitrogen and oxygen atoms in total. The molecule has 0 aliphatic heterocycles. The van der Waals surface area contributed by atoms with Gasteiger partial charge in [0.2, 0.25) is 0 Å². The number of phenols is 1. The Morgan fingerprint density at radius 1 is 1.41 bits per heavy atom. The van der Waals surface area contributed by atoms with Crippen LogP contribution in [0.15, 0.2) is 18.2 Å². The monoisotopic (exact) mass is 234 g/mol. The highest BCUT2D eigenvalue weighted by molar-refractivity contribution is 5.92. The molecule has 0 aromatic heterocycles. The van der Waals surface area contributed by atoms with Crippen LogP contribution in [-0.4, -0.2) is 29.3 Å². The van der Waals surface area contributed by atoms with E-state index >= 15 is 0 Å². The number of carboxylic acids is 1. The van der Waals surface area contributed by atoms with Crippen molar-refractivity contribution in [1.82, 2.24) is 0 Å². The SMILES string of the molecule is COC(=O)c1cc(C#CCC(=O)O)ccc1O. The van der Waals surface area contributed by atoms with E-state index in [2.05, 4.69) is 16.6 Å². The molecule has 0 saturated heterocycles. The van der Waals surface area contributed by atoms with Crippen molar-refractivity contribution < 1.29 is 24.5 Å². The highest BCUT2D eigenvalue weighted by Gasteiger charge is 2.11. The van der Waals surface area contributed by atoms with Crippen LogP contribution in [0, 0.1) is 11.8 Å².